The number of aryl methyl sites for hydroxylation is 2. The Kier molecular flexibility index (Phi) is 5.04. The summed E-state index contributed by atoms with van der Waals surface area (Å²) in [6.45, 7) is 6.76. The molecule has 4 aromatic rings. The summed E-state index contributed by atoms with van der Waals surface area (Å²) in [5, 5.41) is 2.38. The fourth-order valence-corrected chi connectivity index (χ4v) is 4.68. The third-order valence-corrected chi connectivity index (χ3v) is 6.18. The third kappa shape index (κ3) is 3.28. The van der Waals surface area contributed by atoms with E-state index in [0.29, 0.717) is 0 Å². The molecule has 0 aliphatic carbocycles. The van der Waals surface area contributed by atoms with Gasteiger partial charge in [-0.15, -0.1) is 0 Å². The Hall–Kier alpha value is -2.52. The van der Waals surface area contributed by atoms with Crippen LogP contribution in [0.2, 0.25) is 0 Å². The molecule has 0 atom stereocenters. The van der Waals surface area contributed by atoms with E-state index in [2.05, 4.69) is 66.5 Å². The second-order valence-corrected chi connectivity index (χ2v) is 7.64. The Morgan fingerprint density at radius 1 is 0.778 bits per heavy atom. The number of nitrogens with zero attached hydrogens (tertiary/aromatic N) is 2. The highest BCUT2D eigenvalue weighted by Gasteiger charge is 2.15. The number of aromatic nitrogens is 2. The molecule has 0 spiro atoms. The quantitative estimate of drug-likeness (QED) is 0.389. The van der Waals surface area contributed by atoms with E-state index in [-0.39, 0.29) is 0 Å². The van der Waals surface area contributed by atoms with Crippen LogP contribution in [-0.4, -0.2) is 9.36 Å². The number of hydrogen-bond acceptors (Lipinski definition) is 3. The monoisotopic (exact) mass is 372 g/mol. The summed E-state index contributed by atoms with van der Waals surface area (Å²) in [5.74, 6) is 0. The molecule has 3 heteroatoms. The van der Waals surface area contributed by atoms with Gasteiger partial charge < -0.3 is 0 Å². The van der Waals surface area contributed by atoms with E-state index in [1.807, 2.05) is 18.6 Å². The topological polar surface area (TPSA) is 25.8 Å². The Labute approximate surface area is 165 Å². The molecule has 2 aromatic heterocycles. The molecule has 0 bridgehead atoms. The molecule has 0 amide bonds. The second-order valence-electron chi connectivity index (χ2n) is 6.84. The fraction of sp³-hybridized carbons (Fsp3) is 0.250. The van der Waals surface area contributed by atoms with Crippen LogP contribution < -0.4 is 0 Å². The average molecular weight is 373 g/mol. The Morgan fingerprint density at radius 2 is 1.56 bits per heavy atom. The van der Waals surface area contributed by atoms with Gasteiger partial charge in [-0.3, -0.25) is 4.98 Å². The van der Waals surface area contributed by atoms with Crippen molar-refractivity contribution in [2.45, 2.75) is 40.0 Å². The molecule has 0 unspecified atom stereocenters. The zero-order valence-electron chi connectivity index (χ0n) is 16.1. The molecule has 2 nitrogen and oxygen atoms in total. The lowest BCUT2D eigenvalue weighted by Gasteiger charge is -2.15. The number of fused-ring (bicyclic) bond motifs is 1. The summed E-state index contributed by atoms with van der Waals surface area (Å²) in [6.07, 6.45) is 9.01. The van der Waals surface area contributed by atoms with E-state index in [0.717, 1.165) is 24.6 Å². The van der Waals surface area contributed by atoms with Gasteiger partial charge in [-0.1, -0.05) is 32.9 Å². The van der Waals surface area contributed by atoms with Crippen molar-refractivity contribution in [3.8, 4) is 21.6 Å². The minimum atomic E-state index is 1.07. The van der Waals surface area contributed by atoms with E-state index in [1.165, 1.54) is 43.6 Å². The van der Waals surface area contributed by atoms with Crippen molar-refractivity contribution < 1.29 is 0 Å². The molecule has 0 saturated carbocycles. The maximum Gasteiger partial charge on any atom is 0.0628 e. The van der Waals surface area contributed by atoms with E-state index in [1.54, 1.807) is 11.5 Å². The smallest absolute Gasteiger partial charge is 0.0628 e. The van der Waals surface area contributed by atoms with Crippen LogP contribution in [0.1, 0.15) is 37.5 Å². The van der Waals surface area contributed by atoms with E-state index < -0.39 is 0 Å². The summed E-state index contributed by atoms with van der Waals surface area (Å²) in [6, 6.07) is 13.4. The van der Waals surface area contributed by atoms with Crippen molar-refractivity contribution in [1.82, 2.24) is 9.36 Å². The maximum absolute atomic E-state index is 4.53. The minimum absolute atomic E-state index is 1.07. The van der Waals surface area contributed by atoms with Crippen molar-refractivity contribution in [3.63, 3.8) is 0 Å². The largest absolute Gasteiger partial charge is 0.264 e. The third-order valence-electron chi connectivity index (χ3n) is 5.33. The van der Waals surface area contributed by atoms with Gasteiger partial charge in [0, 0.05) is 29.5 Å². The molecule has 0 aliphatic heterocycles. The summed E-state index contributed by atoms with van der Waals surface area (Å²) >= 11 is 1.59. The van der Waals surface area contributed by atoms with Gasteiger partial charge in [0.2, 0.25) is 0 Å². The second kappa shape index (κ2) is 7.61. The van der Waals surface area contributed by atoms with Crippen molar-refractivity contribution >= 4 is 22.3 Å². The Balaban J connectivity index is 1.86. The summed E-state index contributed by atoms with van der Waals surface area (Å²) < 4.78 is 4.53. The van der Waals surface area contributed by atoms with Crippen LogP contribution in [0, 0.1) is 0 Å². The Morgan fingerprint density at radius 3 is 2.26 bits per heavy atom. The zero-order valence-corrected chi connectivity index (χ0v) is 16.9. The molecule has 27 heavy (non-hydrogen) atoms. The first-order chi connectivity index (χ1) is 13.2. The van der Waals surface area contributed by atoms with Crippen LogP contribution in [0.15, 0.2) is 55.0 Å². The molecule has 0 aliphatic rings. The van der Waals surface area contributed by atoms with Gasteiger partial charge in [0.25, 0.3) is 0 Å². The van der Waals surface area contributed by atoms with Crippen LogP contribution >= 0.6 is 11.5 Å². The molecule has 0 fully saturated rings. The average Bonchev–Trinajstić information content (AvgIpc) is 3.22. The first kappa shape index (κ1) is 17.9. The summed E-state index contributed by atoms with van der Waals surface area (Å²) in [7, 11) is 0. The molecule has 4 rings (SSSR count). The number of benzene rings is 2. The van der Waals surface area contributed by atoms with Crippen molar-refractivity contribution in [2.75, 3.05) is 0 Å². The van der Waals surface area contributed by atoms with E-state index >= 15 is 0 Å². The highest BCUT2D eigenvalue weighted by Crippen LogP contribution is 2.38. The lowest BCUT2D eigenvalue weighted by atomic mass is 9.91. The molecule has 2 heterocycles. The Bertz CT molecular complexity index is 1070. The van der Waals surface area contributed by atoms with Crippen LogP contribution in [0.4, 0.5) is 0 Å². The van der Waals surface area contributed by atoms with Crippen LogP contribution in [0.3, 0.4) is 0 Å². The van der Waals surface area contributed by atoms with Crippen LogP contribution in [-0.2, 0) is 19.3 Å². The molecule has 136 valence electrons. The van der Waals surface area contributed by atoms with E-state index in [9.17, 15) is 0 Å². The minimum Gasteiger partial charge on any atom is -0.264 e. The van der Waals surface area contributed by atoms with Crippen molar-refractivity contribution in [3.05, 3.63) is 71.7 Å². The molecular weight excluding hydrogens is 348 g/mol. The highest BCUT2D eigenvalue weighted by atomic mass is 32.1. The van der Waals surface area contributed by atoms with Gasteiger partial charge in [0.1, 0.15) is 0 Å². The first-order valence-electron chi connectivity index (χ1n) is 9.69. The SMILES string of the molecule is CCc1cc(-c2sncc2-c2ccc3ccncc3c2)cc(CC)c1CC. The van der Waals surface area contributed by atoms with Gasteiger partial charge in [0.05, 0.1) is 4.88 Å². The lowest BCUT2D eigenvalue weighted by molar-refractivity contribution is 0.983. The predicted molar refractivity (Wildman–Crippen MR) is 116 cm³/mol. The number of pyridine rings is 1. The standard InChI is InChI=1S/C24H24N2S/c1-4-16-11-20(12-17(5-2)22(16)6-3)24-23(15-26-27-24)19-8-7-18-9-10-25-14-21(18)13-19/h7-15H,4-6H2,1-3H3. The first-order valence-corrected chi connectivity index (χ1v) is 10.5. The van der Waals surface area contributed by atoms with Gasteiger partial charge >= 0.3 is 0 Å². The molecule has 0 saturated heterocycles. The van der Waals surface area contributed by atoms with Gasteiger partial charge in [-0.25, -0.2) is 0 Å². The molecule has 2 aromatic carbocycles. The van der Waals surface area contributed by atoms with Gasteiger partial charge in [0.15, 0.2) is 0 Å². The summed E-state index contributed by atoms with van der Waals surface area (Å²) in [5.41, 5.74) is 8.16. The lowest BCUT2D eigenvalue weighted by Crippen LogP contribution is -1.98. The fourth-order valence-electron chi connectivity index (χ4n) is 3.92. The maximum atomic E-state index is 4.53. The molecule has 0 N–H and O–H groups in total. The molecular formula is C24H24N2S. The van der Waals surface area contributed by atoms with Crippen LogP contribution in [0.5, 0.6) is 0 Å². The molecule has 0 radical (unpaired) electrons. The van der Waals surface area contributed by atoms with Gasteiger partial charge in [-0.2, -0.15) is 4.37 Å². The summed E-state index contributed by atoms with van der Waals surface area (Å²) in [4.78, 5) is 5.52. The normalized spacial score (nSPS) is 11.2. The zero-order chi connectivity index (χ0) is 18.8. The number of hydrogen-bond donors (Lipinski definition) is 0. The highest BCUT2D eigenvalue weighted by molar-refractivity contribution is 7.10. The van der Waals surface area contributed by atoms with Crippen molar-refractivity contribution in [2.24, 2.45) is 0 Å². The van der Waals surface area contributed by atoms with E-state index in [4.69, 9.17) is 0 Å². The number of rotatable bonds is 5. The van der Waals surface area contributed by atoms with Gasteiger partial charge in [-0.05, 0) is 88.3 Å². The predicted octanol–water partition coefficient (Wildman–Crippen LogP) is 6.71. The van der Waals surface area contributed by atoms with Crippen LogP contribution in [0.25, 0.3) is 32.3 Å². The van der Waals surface area contributed by atoms with Crippen molar-refractivity contribution in [1.29, 1.82) is 0 Å².